The Bertz CT molecular complexity index is 1110. The fourth-order valence-corrected chi connectivity index (χ4v) is 3.15. The number of anilines is 3. The maximum atomic E-state index is 14.7. The van der Waals surface area contributed by atoms with Crippen molar-refractivity contribution < 1.29 is 13.5 Å². The summed E-state index contributed by atoms with van der Waals surface area (Å²) in [5, 5.41) is 10.0. The van der Waals surface area contributed by atoms with Crippen LogP contribution in [0.15, 0.2) is 41.5 Å². The molecule has 0 unspecified atom stereocenters. The Hall–Kier alpha value is -3.53. The third-order valence-corrected chi connectivity index (χ3v) is 4.52. The molecule has 142 valence electrons. The van der Waals surface area contributed by atoms with E-state index in [1.165, 1.54) is 18.7 Å². The van der Waals surface area contributed by atoms with Gasteiger partial charge in [-0.1, -0.05) is 0 Å². The fraction of sp³-hybridized carbons (Fsp3) is 0.222. The quantitative estimate of drug-likeness (QED) is 0.556. The van der Waals surface area contributed by atoms with Crippen molar-refractivity contribution in [2.45, 2.75) is 0 Å². The Morgan fingerprint density at radius 2 is 2.07 bits per heavy atom. The molecule has 28 heavy (non-hydrogen) atoms. The normalized spacial score (nSPS) is 14.5. The average molecular weight is 381 g/mol. The van der Waals surface area contributed by atoms with Crippen LogP contribution < -0.4 is 10.2 Å². The van der Waals surface area contributed by atoms with Crippen molar-refractivity contribution in [1.29, 1.82) is 0 Å². The number of oxazole rings is 1. The number of aromatic nitrogens is 5. The van der Waals surface area contributed by atoms with Crippen LogP contribution in [0, 0.1) is 5.82 Å². The van der Waals surface area contributed by atoms with Gasteiger partial charge in [-0.2, -0.15) is 5.10 Å². The molecule has 9 nitrogen and oxygen atoms in total. The van der Waals surface area contributed by atoms with Gasteiger partial charge in [0.2, 0.25) is 0 Å². The highest BCUT2D eigenvalue weighted by atomic mass is 19.1. The minimum absolute atomic E-state index is 0.307. The summed E-state index contributed by atoms with van der Waals surface area (Å²) in [5.41, 5.74) is 2.85. The molecule has 4 heterocycles. The third-order valence-electron chi connectivity index (χ3n) is 4.52. The lowest BCUT2D eigenvalue weighted by Gasteiger charge is -2.29. The lowest BCUT2D eigenvalue weighted by molar-refractivity contribution is 0.122. The summed E-state index contributed by atoms with van der Waals surface area (Å²) in [6.07, 6.45) is 4.36. The SMILES string of the molecule is Fc1cc(Nc2nc(-c3cocn3)nc3cn[nH]c23)ccc1N1CCOCC1. The molecule has 0 radical (unpaired) electrons. The summed E-state index contributed by atoms with van der Waals surface area (Å²) < 4.78 is 25.0. The van der Waals surface area contributed by atoms with Gasteiger partial charge in [0.05, 0.1) is 25.1 Å². The molecule has 0 aliphatic carbocycles. The predicted octanol–water partition coefficient (Wildman–Crippen LogP) is 2.73. The molecule has 3 aromatic heterocycles. The van der Waals surface area contributed by atoms with Crippen molar-refractivity contribution in [2.75, 3.05) is 36.5 Å². The first-order valence-corrected chi connectivity index (χ1v) is 8.77. The minimum Gasteiger partial charge on any atom is -0.451 e. The van der Waals surface area contributed by atoms with Gasteiger partial charge < -0.3 is 19.4 Å². The summed E-state index contributed by atoms with van der Waals surface area (Å²) >= 11 is 0. The number of fused-ring (bicyclic) bond motifs is 1. The predicted molar refractivity (Wildman–Crippen MR) is 99.9 cm³/mol. The van der Waals surface area contributed by atoms with Gasteiger partial charge in [0.25, 0.3) is 0 Å². The van der Waals surface area contributed by atoms with Crippen molar-refractivity contribution in [3.05, 3.63) is 42.9 Å². The van der Waals surface area contributed by atoms with Crippen molar-refractivity contribution in [3.63, 3.8) is 0 Å². The van der Waals surface area contributed by atoms with Gasteiger partial charge in [-0.3, -0.25) is 5.10 Å². The van der Waals surface area contributed by atoms with Crippen molar-refractivity contribution in [1.82, 2.24) is 25.1 Å². The molecular weight excluding hydrogens is 365 g/mol. The summed E-state index contributed by atoms with van der Waals surface area (Å²) in [6.45, 7) is 2.54. The third kappa shape index (κ3) is 3.03. The Kier molecular flexibility index (Phi) is 4.09. The van der Waals surface area contributed by atoms with Gasteiger partial charge in [-0.25, -0.2) is 19.3 Å². The molecular formula is C18H16FN7O2. The van der Waals surface area contributed by atoms with Crippen LogP contribution >= 0.6 is 0 Å². The average Bonchev–Trinajstić information content (AvgIpc) is 3.41. The van der Waals surface area contributed by atoms with Crippen LogP contribution in [0.1, 0.15) is 0 Å². The number of halogens is 1. The van der Waals surface area contributed by atoms with Crippen molar-refractivity contribution in [3.8, 4) is 11.5 Å². The molecule has 1 aliphatic heterocycles. The van der Waals surface area contributed by atoms with E-state index in [1.54, 1.807) is 12.3 Å². The first-order chi connectivity index (χ1) is 13.8. The maximum absolute atomic E-state index is 14.7. The molecule has 1 fully saturated rings. The van der Waals surface area contributed by atoms with Gasteiger partial charge in [0, 0.05) is 18.8 Å². The van der Waals surface area contributed by atoms with Gasteiger partial charge in [0.15, 0.2) is 18.0 Å². The molecule has 2 N–H and O–H groups in total. The van der Waals surface area contributed by atoms with E-state index < -0.39 is 0 Å². The van der Waals surface area contributed by atoms with Gasteiger partial charge >= 0.3 is 0 Å². The number of hydrogen-bond acceptors (Lipinski definition) is 8. The molecule has 4 aromatic rings. The van der Waals surface area contributed by atoms with E-state index in [4.69, 9.17) is 9.15 Å². The molecule has 0 spiro atoms. The van der Waals surface area contributed by atoms with E-state index in [2.05, 4.69) is 30.5 Å². The van der Waals surface area contributed by atoms with E-state index in [9.17, 15) is 4.39 Å². The highest BCUT2D eigenvalue weighted by Gasteiger charge is 2.17. The second kappa shape index (κ2) is 6.89. The van der Waals surface area contributed by atoms with E-state index in [1.807, 2.05) is 11.0 Å². The number of morpholine rings is 1. The topological polar surface area (TPSA) is 105 Å². The molecule has 0 saturated carbocycles. The molecule has 1 aromatic carbocycles. The van der Waals surface area contributed by atoms with Gasteiger partial charge in [-0.15, -0.1) is 0 Å². The molecule has 1 saturated heterocycles. The number of hydrogen-bond donors (Lipinski definition) is 2. The number of aromatic amines is 1. The zero-order valence-electron chi connectivity index (χ0n) is 14.7. The molecule has 1 aliphatic rings. The van der Waals surface area contributed by atoms with E-state index in [0.717, 1.165) is 0 Å². The standard InChI is InChI=1S/C18H16FN7O2/c19-12-7-11(1-2-15(12)26-3-5-27-6-4-26)22-18-16-13(8-21-25-16)23-17(24-18)14-9-28-10-20-14/h1-2,7-10H,3-6H2,(H,21,25)(H,22,23,24). The Labute approximate surface area is 158 Å². The van der Waals surface area contributed by atoms with Crippen LogP contribution in [0.2, 0.25) is 0 Å². The highest BCUT2D eigenvalue weighted by Crippen LogP contribution is 2.28. The largest absolute Gasteiger partial charge is 0.451 e. The van der Waals surface area contributed by atoms with E-state index in [0.29, 0.717) is 66.0 Å². The first-order valence-electron chi connectivity index (χ1n) is 8.77. The van der Waals surface area contributed by atoms with Crippen LogP contribution in [0.3, 0.4) is 0 Å². The number of rotatable bonds is 4. The highest BCUT2D eigenvalue weighted by molar-refractivity contribution is 5.88. The molecule has 0 atom stereocenters. The Balaban J connectivity index is 1.48. The number of ether oxygens (including phenoxy) is 1. The van der Waals surface area contributed by atoms with Crippen LogP contribution in [0.5, 0.6) is 0 Å². The Morgan fingerprint density at radius 1 is 1.18 bits per heavy atom. The zero-order chi connectivity index (χ0) is 18.9. The second-order valence-corrected chi connectivity index (χ2v) is 6.29. The molecule has 0 bridgehead atoms. The monoisotopic (exact) mass is 381 g/mol. The van der Waals surface area contributed by atoms with Crippen molar-refractivity contribution in [2.24, 2.45) is 0 Å². The molecule has 10 heteroatoms. The van der Waals surface area contributed by atoms with Crippen LogP contribution in [-0.2, 0) is 4.74 Å². The minimum atomic E-state index is -0.307. The number of nitrogens with one attached hydrogen (secondary N) is 2. The van der Waals surface area contributed by atoms with Gasteiger partial charge in [0.1, 0.15) is 28.8 Å². The Morgan fingerprint density at radius 3 is 2.86 bits per heavy atom. The van der Waals surface area contributed by atoms with Crippen molar-refractivity contribution >= 4 is 28.2 Å². The molecule has 5 rings (SSSR count). The zero-order valence-corrected chi connectivity index (χ0v) is 14.7. The fourth-order valence-electron chi connectivity index (χ4n) is 3.15. The number of benzene rings is 1. The van der Waals surface area contributed by atoms with Crippen LogP contribution in [-0.4, -0.2) is 51.5 Å². The summed E-state index contributed by atoms with van der Waals surface area (Å²) in [6, 6.07) is 5.02. The second-order valence-electron chi connectivity index (χ2n) is 6.29. The number of H-pyrrole nitrogens is 1. The number of nitrogens with zero attached hydrogens (tertiary/aromatic N) is 5. The van der Waals surface area contributed by atoms with E-state index >= 15 is 0 Å². The maximum Gasteiger partial charge on any atom is 0.184 e. The smallest absolute Gasteiger partial charge is 0.184 e. The van der Waals surface area contributed by atoms with Crippen LogP contribution in [0.25, 0.3) is 22.6 Å². The van der Waals surface area contributed by atoms with E-state index in [-0.39, 0.29) is 5.82 Å². The first kappa shape index (κ1) is 16.6. The summed E-state index contributed by atoms with van der Waals surface area (Å²) in [5.74, 6) is 0.549. The van der Waals surface area contributed by atoms with Gasteiger partial charge in [-0.05, 0) is 18.2 Å². The molecule has 0 amide bonds. The summed E-state index contributed by atoms with van der Waals surface area (Å²) in [7, 11) is 0. The lowest BCUT2D eigenvalue weighted by atomic mass is 10.2. The summed E-state index contributed by atoms with van der Waals surface area (Å²) in [4.78, 5) is 15.0. The lowest BCUT2D eigenvalue weighted by Crippen LogP contribution is -2.36. The van der Waals surface area contributed by atoms with Crippen LogP contribution in [0.4, 0.5) is 21.6 Å².